The molecule has 146 valence electrons. The van der Waals surface area contributed by atoms with Gasteiger partial charge in [-0.05, 0) is 44.0 Å². The number of carbonyl (C=O) groups is 2. The van der Waals surface area contributed by atoms with Crippen molar-refractivity contribution in [3.05, 3.63) is 56.7 Å². The van der Waals surface area contributed by atoms with Crippen LogP contribution in [0.1, 0.15) is 16.0 Å². The van der Waals surface area contributed by atoms with E-state index in [1.54, 1.807) is 13.0 Å². The summed E-state index contributed by atoms with van der Waals surface area (Å²) >= 11 is 1.43. The number of halogens is 1. The molecule has 0 saturated heterocycles. The minimum Gasteiger partial charge on any atom is -0.345 e. The zero-order chi connectivity index (χ0) is 20.4. The molecule has 28 heavy (non-hydrogen) atoms. The molecule has 0 bridgehead atoms. The van der Waals surface area contributed by atoms with Gasteiger partial charge in [0.2, 0.25) is 11.8 Å². The van der Waals surface area contributed by atoms with E-state index >= 15 is 0 Å². The predicted octanol–water partition coefficient (Wildman–Crippen LogP) is 2.28. The molecule has 0 aliphatic carbocycles. The van der Waals surface area contributed by atoms with E-state index in [9.17, 15) is 18.8 Å². The van der Waals surface area contributed by atoms with Gasteiger partial charge in [-0.15, -0.1) is 11.3 Å². The fourth-order valence-corrected chi connectivity index (χ4v) is 3.68. The van der Waals surface area contributed by atoms with Crippen LogP contribution in [-0.2, 0) is 16.1 Å². The number of hydrogen-bond donors (Lipinski definition) is 2. The first-order valence-electron chi connectivity index (χ1n) is 8.54. The molecule has 0 saturated carbocycles. The van der Waals surface area contributed by atoms with Gasteiger partial charge in [0.1, 0.15) is 17.2 Å². The zero-order valence-electron chi connectivity index (χ0n) is 15.6. The minimum absolute atomic E-state index is 0.248. The molecule has 2 aromatic heterocycles. The number of carbonyl (C=O) groups excluding carboxylic acids is 2. The number of fused-ring (bicyclic) bond motifs is 1. The number of aromatic nitrogens is 2. The van der Waals surface area contributed by atoms with E-state index in [0.29, 0.717) is 21.5 Å². The second kappa shape index (κ2) is 7.89. The summed E-state index contributed by atoms with van der Waals surface area (Å²) in [5, 5.41) is 5.50. The second-order valence-electron chi connectivity index (χ2n) is 6.43. The van der Waals surface area contributed by atoms with E-state index in [4.69, 9.17) is 0 Å². The summed E-state index contributed by atoms with van der Waals surface area (Å²) in [4.78, 5) is 42.6. The Morgan fingerprint density at radius 2 is 1.96 bits per heavy atom. The molecule has 9 heteroatoms. The van der Waals surface area contributed by atoms with E-state index in [0.717, 1.165) is 10.4 Å². The Kier molecular flexibility index (Phi) is 5.55. The number of nitrogens with one attached hydrogen (secondary N) is 2. The van der Waals surface area contributed by atoms with E-state index in [2.05, 4.69) is 15.6 Å². The molecule has 2 amide bonds. The van der Waals surface area contributed by atoms with Crippen LogP contribution in [-0.4, -0.2) is 27.9 Å². The van der Waals surface area contributed by atoms with Crippen LogP contribution in [0.2, 0.25) is 0 Å². The first-order valence-corrected chi connectivity index (χ1v) is 9.35. The van der Waals surface area contributed by atoms with E-state index < -0.39 is 17.6 Å². The molecule has 1 aromatic carbocycles. The van der Waals surface area contributed by atoms with Gasteiger partial charge in [-0.25, -0.2) is 9.37 Å². The number of anilines is 1. The van der Waals surface area contributed by atoms with Gasteiger partial charge in [0.05, 0.1) is 18.3 Å². The molecule has 0 radical (unpaired) electrons. The molecule has 0 aliphatic heterocycles. The van der Waals surface area contributed by atoms with Gasteiger partial charge in [-0.2, -0.15) is 0 Å². The Balaban J connectivity index is 1.63. The molecule has 0 fully saturated rings. The highest BCUT2D eigenvalue weighted by atomic mass is 32.1. The van der Waals surface area contributed by atoms with Crippen molar-refractivity contribution in [1.82, 2.24) is 14.9 Å². The maximum absolute atomic E-state index is 13.3. The van der Waals surface area contributed by atoms with Crippen molar-refractivity contribution in [1.29, 1.82) is 0 Å². The van der Waals surface area contributed by atoms with Crippen LogP contribution in [0, 0.1) is 26.6 Å². The van der Waals surface area contributed by atoms with Crippen molar-refractivity contribution >= 4 is 39.1 Å². The third-order valence-electron chi connectivity index (χ3n) is 4.39. The number of thiophene rings is 1. The highest BCUT2D eigenvalue weighted by Gasteiger charge is 2.14. The molecule has 3 aromatic rings. The Morgan fingerprint density at radius 1 is 1.21 bits per heavy atom. The summed E-state index contributed by atoms with van der Waals surface area (Å²) in [5.74, 6) is -1.46. The van der Waals surface area contributed by atoms with Crippen molar-refractivity contribution < 1.29 is 14.0 Å². The van der Waals surface area contributed by atoms with Crippen LogP contribution in [0.5, 0.6) is 0 Å². The lowest BCUT2D eigenvalue weighted by atomic mass is 10.2. The molecule has 3 rings (SSSR count). The average molecular weight is 402 g/mol. The first kappa shape index (κ1) is 19.7. The summed E-state index contributed by atoms with van der Waals surface area (Å²) in [5.41, 5.74) is 1.61. The van der Waals surface area contributed by atoms with Crippen molar-refractivity contribution in [2.24, 2.45) is 0 Å². The van der Waals surface area contributed by atoms with Gasteiger partial charge in [0.15, 0.2) is 0 Å². The summed E-state index contributed by atoms with van der Waals surface area (Å²) in [7, 11) is 0. The fourth-order valence-electron chi connectivity index (χ4n) is 2.70. The van der Waals surface area contributed by atoms with Crippen LogP contribution >= 0.6 is 11.3 Å². The lowest BCUT2D eigenvalue weighted by Gasteiger charge is -2.10. The molecule has 0 unspecified atom stereocenters. The van der Waals surface area contributed by atoms with Gasteiger partial charge in [0, 0.05) is 10.6 Å². The van der Waals surface area contributed by atoms with Crippen molar-refractivity contribution in [3.63, 3.8) is 0 Å². The number of rotatable bonds is 5. The highest BCUT2D eigenvalue weighted by molar-refractivity contribution is 7.18. The van der Waals surface area contributed by atoms with E-state index in [1.165, 1.54) is 34.4 Å². The molecule has 7 nitrogen and oxygen atoms in total. The second-order valence-corrected chi connectivity index (χ2v) is 7.63. The highest BCUT2D eigenvalue weighted by Crippen LogP contribution is 2.25. The molecule has 0 aliphatic rings. The largest absolute Gasteiger partial charge is 0.345 e. The Labute approximate surface area is 164 Å². The van der Waals surface area contributed by atoms with E-state index in [1.807, 2.05) is 13.8 Å². The van der Waals surface area contributed by atoms with Gasteiger partial charge in [-0.1, -0.05) is 6.07 Å². The van der Waals surface area contributed by atoms with Crippen LogP contribution in [0.15, 0.2) is 29.3 Å². The van der Waals surface area contributed by atoms with Crippen molar-refractivity contribution in [2.75, 3.05) is 11.9 Å². The maximum Gasteiger partial charge on any atom is 0.262 e. The third-order valence-corrected chi connectivity index (χ3v) is 5.50. The summed E-state index contributed by atoms with van der Waals surface area (Å²) in [6, 6.07) is 4.06. The van der Waals surface area contributed by atoms with Crippen molar-refractivity contribution in [2.45, 2.75) is 27.3 Å². The SMILES string of the molecule is Cc1ccc(F)cc1NC(=O)CNC(=O)Cn1cnc2sc(C)c(C)c2c1=O. The third kappa shape index (κ3) is 4.09. The number of hydrogen-bond acceptors (Lipinski definition) is 5. The average Bonchev–Trinajstić information content (AvgIpc) is 2.94. The van der Waals surface area contributed by atoms with Crippen LogP contribution < -0.4 is 16.2 Å². The Morgan fingerprint density at radius 3 is 2.71 bits per heavy atom. The fraction of sp³-hybridized carbons (Fsp3) is 0.263. The Bertz CT molecular complexity index is 1140. The van der Waals surface area contributed by atoms with Gasteiger partial charge >= 0.3 is 0 Å². The molecule has 0 spiro atoms. The summed E-state index contributed by atoms with van der Waals surface area (Å²) in [6.45, 7) is 4.95. The summed E-state index contributed by atoms with van der Waals surface area (Å²) in [6.07, 6.45) is 1.33. The minimum atomic E-state index is -0.501. The maximum atomic E-state index is 13.3. The Hall–Kier alpha value is -3.07. The van der Waals surface area contributed by atoms with Gasteiger partial charge in [0.25, 0.3) is 5.56 Å². The van der Waals surface area contributed by atoms with Crippen LogP contribution in [0.4, 0.5) is 10.1 Å². The molecular formula is C19H19FN4O3S. The predicted molar refractivity (Wildman–Crippen MR) is 106 cm³/mol. The van der Waals surface area contributed by atoms with E-state index in [-0.39, 0.29) is 18.6 Å². The van der Waals surface area contributed by atoms with Crippen molar-refractivity contribution in [3.8, 4) is 0 Å². The summed E-state index contributed by atoms with van der Waals surface area (Å²) < 4.78 is 14.5. The number of benzene rings is 1. The first-order chi connectivity index (χ1) is 13.3. The molecule has 2 N–H and O–H groups in total. The molecular weight excluding hydrogens is 383 g/mol. The monoisotopic (exact) mass is 402 g/mol. The topological polar surface area (TPSA) is 93.1 Å². The van der Waals surface area contributed by atoms with Gasteiger partial charge in [-0.3, -0.25) is 19.0 Å². The smallest absolute Gasteiger partial charge is 0.262 e. The van der Waals surface area contributed by atoms with Crippen LogP contribution in [0.3, 0.4) is 0 Å². The molecule has 2 heterocycles. The standard InChI is InChI=1S/C19H19FN4O3S/c1-10-4-5-13(20)6-14(10)23-15(25)7-21-16(26)8-24-9-22-18-17(19(24)27)11(2)12(3)28-18/h4-6,9H,7-8H2,1-3H3,(H,21,26)(H,23,25). The number of nitrogens with zero attached hydrogens (tertiary/aromatic N) is 2. The number of aryl methyl sites for hydroxylation is 3. The quantitative estimate of drug-likeness (QED) is 0.685. The number of amides is 2. The lowest BCUT2D eigenvalue weighted by Crippen LogP contribution is -2.37. The molecule has 0 atom stereocenters. The normalized spacial score (nSPS) is 10.9. The lowest BCUT2D eigenvalue weighted by molar-refractivity contribution is -0.124. The van der Waals surface area contributed by atoms with Crippen LogP contribution in [0.25, 0.3) is 10.2 Å². The zero-order valence-corrected chi connectivity index (χ0v) is 16.4. The van der Waals surface area contributed by atoms with Gasteiger partial charge < -0.3 is 10.6 Å².